The number of hydrogen-bond donors (Lipinski definition) is 1. The van der Waals surface area contributed by atoms with Crippen molar-refractivity contribution in [1.82, 2.24) is 0 Å². The second-order valence-corrected chi connectivity index (χ2v) is 5.01. The maximum Gasteiger partial charge on any atom is 0.123 e. The Labute approximate surface area is 123 Å². The fraction of sp³-hybridized carbons (Fsp3) is 0. The number of halogens is 1. The topological polar surface area (TPSA) is 20.2 Å². The van der Waals surface area contributed by atoms with Crippen molar-refractivity contribution in [3.63, 3.8) is 0 Å². The molecule has 2 heteroatoms. The highest BCUT2D eigenvalue weighted by Crippen LogP contribution is 2.36. The van der Waals surface area contributed by atoms with E-state index in [1.54, 1.807) is 6.07 Å². The minimum atomic E-state index is 0.280. The van der Waals surface area contributed by atoms with Crippen LogP contribution in [0.5, 0.6) is 5.75 Å². The highest BCUT2D eigenvalue weighted by molar-refractivity contribution is 6.30. The van der Waals surface area contributed by atoms with Crippen LogP contribution in [0.25, 0.3) is 22.3 Å². The van der Waals surface area contributed by atoms with Gasteiger partial charge in [-0.2, -0.15) is 0 Å². The lowest BCUT2D eigenvalue weighted by Crippen LogP contribution is -1.85. The van der Waals surface area contributed by atoms with Crippen molar-refractivity contribution >= 4 is 11.6 Å². The third kappa shape index (κ3) is 2.40. The quantitative estimate of drug-likeness (QED) is 0.668. The van der Waals surface area contributed by atoms with Crippen LogP contribution in [0.3, 0.4) is 0 Å². The summed E-state index contributed by atoms with van der Waals surface area (Å²) in [5.74, 6) is 0.280. The summed E-state index contributed by atoms with van der Waals surface area (Å²) in [7, 11) is 0. The van der Waals surface area contributed by atoms with E-state index in [4.69, 9.17) is 11.6 Å². The van der Waals surface area contributed by atoms with Crippen LogP contribution in [0, 0.1) is 0 Å². The SMILES string of the molecule is Oc1ccccc1-c1ccccc1-c1cccc(Cl)c1. The maximum absolute atomic E-state index is 10.1. The van der Waals surface area contributed by atoms with Crippen LogP contribution in [-0.4, -0.2) is 5.11 Å². The zero-order valence-electron chi connectivity index (χ0n) is 10.8. The Balaban J connectivity index is 2.22. The first-order valence-corrected chi connectivity index (χ1v) is 6.77. The summed E-state index contributed by atoms with van der Waals surface area (Å²) in [6.07, 6.45) is 0. The van der Waals surface area contributed by atoms with Gasteiger partial charge in [0.25, 0.3) is 0 Å². The molecule has 0 aliphatic rings. The van der Waals surface area contributed by atoms with Gasteiger partial charge in [0, 0.05) is 10.6 Å². The van der Waals surface area contributed by atoms with E-state index >= 15 is 0 Å². The maximum atomic E-state index is 10.1. The van der Waals surface area contributed by atoms with Crippen molar-refractivity contribution < 1.29 is 5.11 Å². The second kappa shape index (κ2) is 5.40. The van der Waals surface area contributed by atoms with Crippen molar-refractivity contribution in [2.45, 2.75) is 0 Å². The molecule has 0 unspecified atom stereocenters. The van der Waals surface area contributed by atoms with Crippen LogP contribution in [0.4, 0.5) is 0 Å². The average Bonchev–Trinajstić information content (AvgIpc) is 2.48. The molecule has 98 valence electrons. The molecule has 0 amide bonds. The Hall–Kier alpha value is -2.25. The summed E-state index contributed by atoms with van der Waals surface area (Å²) in [6, 6.07) is 23.1. The summed E-state index contributed by atoms with van der Waals surface area (Å²) >= 11 is 6.07. The Morgan fingerprint density at radius 2 is 1.30 bits per heavy atom. The fourth-order valence-corrected chi connectivity index (χ4v) is 2.52. The van der Waals surface area contributed by atoms with Gasteiger partial charge in [0.2, 0.25) is 0 Å². The summed E-state index contributed by atoms with van der Waals surface area (Å²) in [6.45, 7) is 0. The number of benzene rings is 3. The molecular formula is C18H13ClO. The first-order valence-electron chi connectivity index (χ1n) is 6.39. The predicted molar refractivity (Wildman–Crippen MR) is 84.0 cm³/mol. The molecule has 0 aromatic heterocycles. The molecule has 3 aromatic rings. The van der Waals surface area contributed by atoms with E-state index in [2.05, 4.69) is 0 Å². The van der Waals surface area contributed by atoms with Gasteiger partial charge in [-0.05, 0) is 34.9 Å². The van der Waals surface area contributed by atoms with Crippen LogP contribution < -0.4 is 0 Å². The molecule has 3 rings (SSSR count). The summed E-state index contributed by atoms with van der Waals surface area (Å²) in [5, 5.41) is 10.8. The smallest absolute Gasteiger partial charge is 0.123 e. The highest BCUT2D eigenvalue weighted by atomic mass is 35.5. The van der Waals surface area contributed by atoms with Crippen LogP contribution in [0.2, 0.25) is 5.02 Å². The van der Waals surface area contributed by atoms with Crippen molar-refractivity contribution in [2.24, 2.45) is 0 Å². The normalized spacial score (nSPS) is 10.4. The number of phenols is 1. The molecular weight excluding hydrogens is 268 g/mol. The lowest BCUT2D eigenvalue weighted by Gasteiger charge is -2.11. The molecule has 0 heterocycles. The molecule has 1 N–H and O–H groups in total. The van der Waals surface area contributed by atoms with Gasteiger partial charge in [-0.1, -0.05) is 66.2 Å². The van der Waals surface area contributed by atoms with E-state index in [0.717, 1.165) is 22.3 Å². The van der Waals surface area contributed by atoms with Gasteiger partial charge in [-0.15, -0.1) is 0 Å². The molecule has 20 heavy (non-hydrogen) atoms. The lowest BCUT2D eigenvalue weighted by molar-refractivity contribution is 0.477. The first-order chi connectivity index (χ1) is 9.75. The predicted octanol–water partition coefficient (Wildman–Crippen LogP) is 5.38. The van der Waals surface area contributed by atoms with E-state index in [1.165, 1.54) is 0 Å². The molecule has 0 aliphatic carbocycles. The largest absolute Gasteiger partial charge is 0.507 e. The lowest BCUT2D eigenvalue weighted by atomic mass is 9.94. The minimum absolute atomic E-state index is 0.280. The Morgan fingerprint density at radius 1 is 0.650 bits per heavy atom. The average molecular weight is 281 g/mol. The van der Waals surface area contributed by atoms with Crippen LogP contribution in [-0.2, 0) is 0 Å². The molecule has 0 saturated heterocycles. The van der Waals surface area contributed by atoms with E-state index in [0.29, 0.717) is 5.02 Å². The van der Waals surface area contributed by atoms with Crippen LogP contribution in [0.1, 0.15) is 0 Å². The van der Waals surface area contributed by atoms with Crippen molar-refractivity contribution in [3.05, 3.63) is 77.8 Å². The van der Waals surface area contributed by atoms with Gasteiger partial charge in [-0.25, -0.2) is 0 Å². The second-order valence-electron chi connectivity index (χ2n) is 4.57. The van der Waals surface area contributed by atoms with Gasteiger partial charge in [0.15, 0.2) is 0 Å². The van der Waals surface area contributed by atoms with E-state index in [9.17, 15) is 5.11 Å². The zero-order chi connectivity index (χ0) is 13.9. The monoisotopic (exact) mass is 280 g/mol. The summed E-state index contributed by atoms with van der Waals surface area (Å²) in [4.78, 5) is 0. The Kier molecular flexibility index (Phi) is 3.44. The first kappa shape index (κ1) is 12.8. The van der Waals surface area contributed by atoms with Crippen LogP contribution >= 0.6 is 11.6 Å². The number of para-hydroxylation sites is 1. The molecule has 0 spiro atoms. The third-order valence-electron chi connectivity index (χ3n) is 3.26. The molecule has 3 aromatic carbocycles. The number of hydrogen-bond acceptors (Lipinski definition) is 1. The Bertz CT molecular complexity index is 750. The molecule has 0 atom stereocenters. The van der Waals surface area contributed by atoms with Crippen molar-refractivity contribution in [3.8, 4) is 28.0 Å². The molecule has 0 bridgehead atoms. The molecule has 0 radical (unpaired) electrons. The van der Waals surface area contributed by atoms with Gasteiger partial charge < -0.3 is 5.11 Å². The van der Waals surface area contributed by atoms with Crippen molar-refractivity contribution in [2.75, 3.05) is 0 Å². The zero-order valence-corrected chi connectivity index (χ0v) is 11.5. The highest BCUT2D eigenvalue weighted by Gasteiger charge is 2.10. The molecule has 0 aliphatic heterocycles. The molecule has 1 nitrogen and oxygen atoms in total. The molecule has 0 saturated carbocycles. The van der Waals surface area contributed by atoms with E-state index < -0.39 is 0 Å². The van der Waals surface area contributed by atoms with Crippen molar-refractivity contribution in [1.29, 1.82) is 0 Å². The van der Waals surface area contributed by atoms with Crippen LogP contribution in [0.15, 0.2) is 72.8 Å². The van der Waals surface area contributed by atoms with E-state index in [1.807, 2.05) is 66.7 Å². The standard InChI is InChI=1S/C18H13ClO/c19-14-7-5-6-13(12-14)15-8-1-2-9-16(15)17-10-3-4-11-18(17)20/h1-12,20H. The summed E-state index contributed by atoms with van der Waals surface area (Å²) < 4.78 is 0. The van der Waals surface area contributed by atoms with Gasteiger partial charge >= 0.3 is 0 Å². The number of phenolic OH excluding ortho intramolecular Hbond substituents is 1. The Morgan fingerprint density at radius 3 is 2.00 bits per heavy atom. The van der Waals surface area contributed by atoms with Gasteiger partial charge in [-0.3, -0.25) is 0 Å². The minimum Gasteiger partial charge on any atom is -0.507 e. The fourth-order valence-electron chi connectivity index (χ4n) is 2.33. The molecule has 0 fully saturated rings. The van der Waals surface area contributed by atoms with Gasteiger partial charge in [0.05, 0.1) is 0 Å². The van der Waals surface area contributed by atoms with Gasteiger partial charge in [0.1, 0.15) is 5.75 Å². The summed E-state index contributed by atoms with van der Waals surface area (Å²) in [5.41, 5.74) is 3.91. The number of rotatable bonds is 2. The number of aromatic hydroxyl groups is 1. The third-order valence-corrected chi connectivity index (χ3v) is 3.49. The van der Waals surface area contributed by atoms with E-state index in [-0.39, 0.29) is 5.75 Å².